The van der Waals surface area contributed by atoms with E-state index in [9.17, 15) is 9.59 Å². The number of benzene rings is 1. The van der Waals surface area contributed by atoms with Crippen LogP contribution >= 0.6 is 0 Å². The van der Waals surface area contributed by atoms with Crippen molar-refractivity contribution >= 4 is 11.9 Å². The molecule has 3 rings (SSSR count). The van der Waals surface area contributed by atoms with Gasteiger partial charge in [-0.15, -0.1) is 0 Å². The molecule has 9 heteroatoms. The van der Waals surface area contributed by atoms with Crippen LogP contribution in [0.1, 0.15) is 33.8 Å². The number of aromatic nitrogens is 2. The first-order chi connectivity index (χ1) is 13.5. The number of aromatic carboxylic acids is 1. The minimum absolute atomic E-state index is 0.0882. The highest BCUT2D eigenvalue weighted by Crippen LogP contribution is 2.38. The van der Waals surface area contributed by atoms with Crippen molar-refractivity contribution < 1.29 is 28.9 Å². The number of ether oxygens (including phenoxy) is 3. The van der Waals surface area contributed by atoms with Crippen LogP contribution in [0.2, 0.25) is 0 Å². The van der Waals surface area contributed by atoms with E-state index in [0.717, 1.165) is 6.20 Å². The van der Waals surface area contributed by atoms with E-state index in [4.69, 9.17) is 19.3 Å². The molecule has 0 bridgehead atoms. The Bertz CT molecular complexity index is 825. The van der Waals surface area contributed by atoms with Crippen molar-refractivity contribution in [2.24, 2.45) is 0 Å². The molecule has 0 radical (unpaired) electrons. The van der Waals surface area contributed by atoms with Gasteiger partial charge in [0.1, 0.15) is 11.8 Å². The third-order valence-electron chi connectivity index (χ3n) is 4.49. The number of para-hydroxylation sites is 1. The van der Waals surface area contributed by atoms with Crippen LogP contribution in [-0.2, 0) is 0 Å². The maximum atomic E-state index is 12.5. The molecule has 1 amide bonds. The number of nitrogens with zero attached hydrogens (tertiary/aromatic N) is 3. The van der Waals surface area contributed by atoms with Crippen molar-refractivity contribution in [3.05, 3.63) is 42.0 Å². The highest BCUT2D eigenvalue weighted by atomic mass is 16.5. The van der Waals surface area contributed by atoms with Gasteiger partial charge in [0.05, 0.1) is 26.6 Å². The molecular formula is C19H21N3O6. The summed E-state index contributed by atoms with van der Waals surface area (Å²) in [6.07, 6.45) is 3.45. The molecule has 2 aromatic rings. The third-order valence-corrected chi connectivity index (χ3v) is 4.49. The van der Waals surface area contributed by atoms with Crippen molar-refractivity contribution in [2.75, 3.05) is 27.3 Å². The topological polar surface area (TPSA) is 111 Å². The number of carboxylic acids is 1. The molecule has 1 aliphatic heterocycles. The molecule has 0 saturated carbocycles. The van der Waals surface area contributed by atoms with E-state index >= 15 is 0 Å². The van der Waals surface area contributed by atoms with Gasteiger partial charge < -0.3 is 24.2 Å². The van der Waals surface area contributed by atoms with Crippen LogP contribution in [0.15, 0.2) is 30.6 Å². The normalized spacial score (nSPS) is 14.4. The molecule has 0 aliphatic carbocycles. The Hall–Kier alpha value is -3.36. The molecule has 0 atom stereocenters. The van der Waals surface area contributed by atoms with E-state index in [1.807, 2.05) is 6.07 Å². The highest BCUT2D eigenvalue weighted by molar-refractivity contribution is 5.92. The number of hydrogen-bond acceptors (Lipinski definition) is 7. The van der Waals surface area contributed by atoms with Gasteiger partial charge in [-0.3, -0.25) is 4.79 Å². The smallest absolute Gasteiger partial charge is 0.356 e. The summed E-state index contributed by atoms with van der Waals surface area (Å²) in [4.78, 5) is 32.7. The number of carbonyl (C=O) groups excluding carboxylic acids is 1. The van der Waals surface area contributed by atoms with Crippen molar-refractivity contribution in [3.63, 3.8) is 0 Å². The fourth-order valence-electron chi connectivity index (χ4n) is 2.99. The number of piperidine rings is 1. The SMILES string of the molecule is COc1cccc(OC)c1OC1CCN(C(=O)c2cnc(C(=O)O)cn2)CC1. The standard InChI is InChI=1S/C19H21N3O6/c1-26-15-4-3-5-16(27-2)17(15)28-12-6-8-22(9-7-12)18(23)13-10-21-14(11-20-13)19(24)25/h3-5,10-12H,6-9H2,1-2H3,(H,24,25). The summed E-state index contributed by atoms with van der Waals surface area (Å²) in [7, 11) is 3.14. The Morgan fingerprint density at radius 1 is 1.04 bits per heavy atom. The second kappa shape index (κ2) is 8.55. The summed E-state index contributed by atoms with van der Waals surface area (Å²) in [5, 5.41) is 8.86. The molecule has 1 aromatic carbocycles. The van der Waals surface area contributed by atoms with Gasteiger partial charge in [0.25, 0.3) is 5.91 Å². The Labute approximate surface area is 161 Å². The van der Waals surface area contributed by atoms with Crippen LogP contribution in [0, 0.1) is 0 Å². The van der Waals surface area contributed by atoms with Crippen LogP contribution in [0.3, 0.4) is 0 Å². The summed E-state index contributed by atoms with van der Waals surface area (Å²) in [6.45, 7) is 0.979. The monoisotopic (exact) mass is 387 g/mol. The summed E-state index contributed by atoms with van der Waals surface area (Å²) < 4.78 is 16.8. The van der Waals surface area contributed by atoms with E-state index in [1.54, 1.807) is 31.3 Å². The van der Waals surface area contributed by atoms with Crippen molar-refractivity contribution in [3.8, 4) is 17.2 Å². The van der Waals surface area contributed by atoms with Gasteiger partial charge in [0.15, 0.2) is 17.2 Å². The van der Waals surface area contributed by atoms with Crippen LogP contribution in [0.25, 0.3) is 0 Å². The average Bonchev–Trinajstić information content (AvgIpc) is 2.74. The molecule has 28 heavy (non-hydrogen) atoms. The first kappa shape index (κ1) is 19.4. The van der Waals surface area contributed by atoms with Crippen molar-refractivity contribution in [2.45, 2.75) is 18.9 Å². The van der Waals surface area contributed by atoms with Crippen LogP contribution in [-0.4, -0.2) is 65.3 Å². The lowest BCUT2D eigenvalue weighted by atomic mass is 10.1. The average molecular weight is 387 g/mol. The van der Waals surface area contributed by atoms with Crippen molar-refractivity contribution in [1.82, 2.24) is 14.9 Å². The van der Waals surface area contributed by atoms with Crippen LogP contribution in [0.4, 0.5) is 0 Å². The zero-order chi connectivity index (χ0) is 20.1. The fraction of sp³-hybridized carbons (Fsp3) is 0.368. The van der Waals surface area contributed by atoms with E-state index in [0.29, 0.717) is 43.2 Å². The largest absolute Gasteiger partial charge is 0.493 e. The van der Waals surface area contributed by atoms with Crippen molar-refractivity contribution in [1.29, 1.82) is 0 Å². The molecule has 148 valence electrons. The maximum Gasteiger partial charge on any atom is 0.356 e. The first-order valence-electron chi connectivity index (χ1n) is 8.75. The van der Waals surface area contributed by atoms with Gasteiger partial charge in [-0.05, 0) is 12.1 Å². The first-order valence-corrected chi connectivity index (χ1v) is 8.75. The van der Waals surface area contributed by atoms with E-state index in [-0.39, 0.29) is 23.4 Å². The molecule has 1 aromatic heterocycles. The number of amides is 1. The number of rotatable bonds is 6. The molecule has 1 aliphatic rings. The molecule has 1 fully saturated rings. The Morgan fingerprint density at radius 2 is 1.61 bits per heavy atom. The molecule has 9 nitrogen and oxygen atoms in total. The minimum atomic E-state index is -1.18. The number of carbonyl (C=O) groups is 2. The van der Waals surface area contributed by atoms with Gasteiger partial charge in [0, 0.05) is 25.9 Å². The molecular weight excluding hydrogens is 366 g/mol. The van der Waals surface area contributed by atoms with E-state index in [2.05, 4.69) is 9.97 Å². The molecule has 2 heterocycles. The summed E-state index contributed by atoms with van der Waals surface area (Å²) in [6, 6.07) is 5.42. The molecule has 0 spiro atoms. The second-order valence-electron chi connectivity index (χ2n) is 6.19. The predicted octanol–water partition coefficient (Wildman–Crippen LogP) is 1.88. The number of hydrogen-bond donors (Lipinski definition) is 1. The lowest BCUT2D eigenvalue weighted by molar-refractivity contribution is 0.0577. The second-order valence-corrected chi connectivity index (χ2v) is 6.19. The van der Waals surface area contributed by atoms with Crippen LogP contribution < -0.4 is 14.2 Å². The lowest BCUT2D eigenvalue weighted by Gasteiger charge is -2.32. The summed E-state index contributed by atoms with van der Waals surface area (Å²) >= 11 is 0. The number of carboxylic acid groups (broad SMARTS) is 1. The van der Waals surface area contributed by atoms with Gasteiger partial charge in [-0.2, -0.15) is 0 Å². The van der Waals surface area contributed by atoms with Gasteiger partial charge in [-0.25, -0.2) is 14.8 Å². The van der Waals surface area contributed by atoms with Gasteiger partial charge in [0.2, 0.25) is 5.75 Å². The Morgan fingerprint density at radius 3 is 2.11 bits per heavy atom. The van der Waals surface area contributed by atoms with Gasteiger partial charge >= 0.3 is 5.97 Å². The highest BCUT2D eigenvalue weighted by Gasteiger charge is 2.27. The Balaban J connectivity index is 1.62. The third kappa shape index (κ3) is 4.13. The molecule has 0 unspecified atom stereocenters. The zero-order valence-electron chi connectivity index (χ0n) is 15.6. The van der Waals surface area contributed by atoms with E-state index in [1.165, 1.54) is 6.20 Å². The number of likely N-dealkylation sites (tertiary alicyclic amines) is 1. The Kier molecular flexibility index (Phi) is 5.93. The molecule has 1 saturated heterocycles. The fourth-order valence-corrected chi connectivity index (χ4v) is 2.99. The zero-order valence-corrected chi connectivity index (χ0v) is 15.6. The summed E-state index contributed by atoms with van der Waals surface area (Å²) in [5.41, 5.74) is -0.0785. The quantitative estimate of drug-likeness (QED) is 0.800. The maximum absolute atomic E-state index is 12.5. The van der Waals surface area contributed by atoms with E-state index < -0.39 is 5.97 Å². The molecule has 1 N–H and O–H groups in total. The van der Waals surface area contributed by atoms with Gasteiger partial charge in [-0.1, -0.05) is 6.07 Å². The predicted molar refractivity (Wildman–Crippen MR) is 98.1 cm³/mol. The lowest BCUT2D eigenvalue weighted by Crippen LogP contribution is -2.42. The minimum Gasteiger partial charge on any atom is -0.493 e. The summed E-state index contributed by atoms with van der Waals surface area (Å²) in [5.74, 6) is 0.264. The van der Waals surface area contributed by atoms with Crippen LogP contribution in [0.5, 0.6) is 17.2 Å². The number of methoxy groups -OCH3 is 2.